The molecule has 0 amide bonds. The van der Waals surface area contributed by atoms with E-state index in [0.717, 1.165) is 64.9 Å². The lowest BCUT2D eigenvalue weighted by Crippen LogP contribution is -2.03. The first kappa shape index (κ1) is 63.4. The van der Waals surface area contributed by atoms with Gasteiger partial charge in [-0.05, 0) is 114 Å². The fourth-order valence-corrected chi connectivity index (χ4v) is 24.4. The van der Waals surface area contributed by atoms with Crippen molar-refractivity contribution in [3.63, 3.8) is 0 Å². The number of para-hydroxylation sites is 1. The van der Waals surface area contributed by atoms with E-state index in [1.165, 1.54) is 168 Å². The van der Waals surface area contributed by atoms with Gasteiger partial charge in [0.1, 0.15) is 0 Å². The van der Waals surface area contributed by atoms with E-state index in [4.69, 9.17) is 19.9 Å². The maximum Gasteiger partial charge on any atom is 0.235 e. The van der Waals surface area contributed by atoms with E-state index in [1.54, 1.807) is 22.7 Å². The standard InChI is InChI=1S/C54H31N3S2.C48H25N3S3/c1-4-14-32(15-5-1)36-25-28-44-42(30-36)46-39-22-12-13-23-40(39)47-43-31-37(33-16-6-2-7-17-33)26-29-45(43)58-52(47)50(46)57(44)54-55-48(35-19-8-3-9-20-35)53-49(56-54)41-27-24-34-18-10-11-21-38(34)51(41)59-53;1-2-13-27-26(12-1)24-25-38-41(27)43-47(54-38)42(34-20-11-19-31-28-14-6-9-22-36(28)52-45(31)34)49-48(50-43)51-35-21-8-5-17-32(35)39-29-15-3-4-16-30(29)40-33-18-7-10-23-37(33)53-46(40)44(39)51/h1-31H;1-25H. The van der Waals surface area contributed by atoms with E-state index in [9.17, 15) is 0 Å². The van der Waals surface area contributed by atoms with Crippen molar-refractivity contribution in [2.24, 2.45) is 0 Å². The second kappa shape index (κ2) is 24.6. The Morgan fingerprint density at radius 3 is 1.35 bits per heavy atom. The monoisotopic (exact) mass is 1520 g/mol. The van der Waals surface area contributed by atoms with Crippen LogP contribution in [-0.2, 0) is 0 Å². The molecule has 0 atom stereocenters. The van der Waals surface area contributed by atoms with Gasteiger partial charge in [0.2, 0.25) is 11.9 Å². The Morgan fingerprint density at radius 1 is 0.204 bits per heavy atom. The summed E-state index contributed by atoms with van der Waals surface area (Å²) in [5, 5.41) is 24.8. The average molecular weight is 1530 g/mol. The summed E-state index contributed by atoms with van der Waals surface area (Å²) >= 11 is 9.20. The normalized spacial score (nSPS) is 12.2. The van der Waals surface area contributed by atoms with Crippen LogP contribution in [-0.4, -0.2) is 29.1 Å². The summed E-state index contributed by atoms with van der Waals surface area (Å²) in [6, 6.07) is 123. The first-order valence-electron chi connectivity index (χ1n) is 38.0. The zero-order valence-electron chi connectivity index (χ0n) is 60.1. The molecular weight excluding hydrogens is 1470 g/mol. The topological polar surface area (TPSA) is 61.4 Å². The quantitative estimate of drug-likeness (QED) is 0.166. The molecule has 0 spiro atoms. The minimum Gasteiger partial charge on any atom is -0.276 e. The minimum absolute atomic E-state index is 0.677. The molecule has 113 heavy (non-hydrogen) atoms. The summed E-state index contributed by atoms with van der Waals surface area (Å²) in [6.45, 7) is 0. The van der Waals surface area contributed by atoms with Gasteiger partial charge in [-0.2, -0.15) is 0 Å². The van der Waals surface area contributed by atoms with E-state index in [-0.39, 0.29) is 0 Å². The third kappa shape index (κ3) is 9.36. The molecule has 26 rings (SSSR count). The fraction of sp³-hybridized carbons (Fsp3) is 0. The Morgan fingerprint density at radius 2 is 0.655 bits per heavy atom. The van der Waals surface area contributed by atoms with Crippen LogP contribution < -0.4 is 0 Å². The molecule has 9 aromatic heterocycles. The Balaban J connectivity index is 0.000000128. The van der Waals surface area contributed by atoms with Gasteiger partial charge in [-0.3, -0.25) is 9.13 Å². The van der Waals surface area contributed by atoms with Gasteiger partial charge in [-0.15, -0.1) is 56.7 Å². The number of benzene rings is 17. The molecule has 0 saturated carbocycles. The van der Waals surface area contributed by atoms with Gasteiger partial charge in [0.25, 0.3) is 0 Å². The Labute approximate surface area is 664 Å². The van der Waals surface area contributed by atoms with Crippen molar-refractivity contribution in [3.8, 4) is 56.7 Å². The Bertz CT molecular complexity index is 8580. The summed E-state index contributed by atoms with van der Waals surface area (Å²) in [6.07, 6.45) is 0. The van der Waals surface area contributed by atoms with Crippen LogP contribution >= 0.6 is 56.7 Å². The molecule has 6 nitrogen and oxygen atoms in total. The van der Waals surface area contributed by atoms with Crippen molar-refractivity contribution >= 4 is 245 Å². The predicted molar refractivity (Wildman–Crippen MR) is 489 cm³/mol. The van der Waals surface area contributed by atoms with Gasteiger partial charge in [0.05, 0.1) is 63.3 Å². The minimum atomic E-state index is 0.677. The van der Waals surface area contributed by atoms with E-state index in [0.29, 0.717) is 11.9 Å². The molecule has 0 unspecified atom stereocenters. The molecule has 0 N–H and O–H groups in total. The molecule has 9 heterocycles. The molecule has 0 saturated heterocycles. The van der Waals surface area contributed by atoms with E-state index < -0.39 is 0 Å². The van der Waals surface area contributed by atoms with Crippen molar-refractivity contribution < 1.29 is 0 Å². The number of aromatic nitrogens is 6. The lowest BCUT2D eigenvalue weighted by Gasteiger charge is -2.12. The van der Waals surface area contributed by atoms with Crippen LogP contribution in [0.3, 0.4) is 0 Å². The van der Waals surface area contributed by atoms with Gasteiger partial charge in [-0.1, -0.05) is 291 Å². The number of nitrogens with zero attached hydrogens (tertiary/aromatic N) is 6. The third-order valence-electron chi connectivity index (χ3n) is 23.2. The van der Waals surface area contributed by atoms with E-state index >= 15 is 0 Å². The molecule has 0 fully saturated rings. The molecule has 0 radical (unpaired) electrons. The van der Waals surface area contributed by atoms with Crippen LogP contribution in [0.15, 0.2) is 340 Å². The summed E-state index contributed by atoms with van der Waals surface area (Å²) in [7, 11) is 0. The zero-order chi connectivity index (χ0) is 73.7. The molecule has 0 bridgehead atoms. The van der Waals surface area contributed by atoms with E-state index in [2.05, 4.69) is 349 Å². The van der Waals surface area contributed by atoms with Gasteiger partial charge < -0.3 is 0 Å². The number of thiophene rings is 5. The molecule has 524 valence electrons. The Hall–Kier alpha value is -13.4. The van der Waals surface area contributed by atoms with Gasteiger partial charge in [-0.25, -0.2) is 19.9 Å². The van der Waals surface area contributed by atoms with Crippen LogP contribution in [0, 0.1) is 0 Å². The number of hydrogen-bond donors (Lipinski definition) is 0. The summed E-state index contributed by atoms with van der Waals surface area (Å²) < 4.78 is 17.0. The SMILES string of the molecule is c1ccc(-c2ccc3sc4c(c3c2)c2ccccc2c2c3cc(-c5ccccc5)ccc3n(-c3nc(-c5ccccc5)c5sc6c7ccccc7ccc6c5n3)c42)cc1.c1ccc2c(c1)ccc1sc3c(-c4cccc5c4sc4ccccc45)nc(-n4c5ccccc5c5c6ccccc6c6c7ccccc7sc6c54)nc3c12. The molecule has 11 heteroatoms. The van der Waals surface area contributed by atoms with Crippen LogP contribution in [0.5, 0.6) is 0 Å². The van der Waals surface area contributed by atoms with Crippen molar-refractivity contribution in [1.29, 1.82) is 0 Å². The first-order chi connectivity index (χ1) is 56.1. The van der Waals surface area contributed by atoms with Crippen molar-refractivity contribution in [1.82, 2.24) is 29.1 Å². The largest absolute Gasteiger partial charge is 0.276 e. The molecule has 26 aromatic rings. The smallest absolute Gasteiger partial charge is 0.235 e. The van der Waals surface area contributed by atoms with Crippen LogP contribution in [0.4, 0.5) is 0 Å². The highest BCUT2D eigenvalue weighted by Gasteiger charge is 2.29. The Kier molecular flexibility index (Phi) is 13.8. The second-order valence-corrected chi connectivity index (χ2v) is 34.5. The number of hydrogen-bond acceptors (Lipinski definition) is 9. The highest BCUT2D eigenvalue weighted by molar-refractivity contribution is 7.29. The van der Waals surface area contributed by atoms with Gasteiger partial charge >= 0.3 is 0 Å². The lowest BCUT2D eigenvalue weighted by molar-refractivity contribution is 1.02. The van der Waals surface area contributed by atoms with Crippen molar-refractivity contribution in [2.75, 3.05) is 0 Å². The molecule has 17 aromatic carbocycles. The summed E-state index contributed by atoms with van der Waals surface area (Å²) in [4.78, 5) is 22.7. The lowest BCUT2D eigenvalue weighted by atomic mass is 9.96. The third-order valence-corrected chi connectivity index (χ3v) is 29.2. The highest BCUT2D eigenvalue weighted by Crippen LogP contribution is 2.54. The second-order valence-electron chi connectivity index (χ2n) is 29.3. The summed E-state index contributed by atoms with van der Waals surface area (Å²) in [5.74, 6) is 1.37. The zero-order valence-corrected chi connectivity index (χ0v) is 64.1. The summed E-state index contributed by atoms with van der Waals surface area (Å²) in [5.41, 5.74) is 15.5. The molecule has 0 aliphatic carbocycles. The number of rotatable bonds is 6. The molecular formula is C102H56N6S5. The average Bonchev–Trinajstić information content (AvgIpc) is 1.54. The molecule has 0 aliphatic rings. The van der Waals surface area contributed by atoms with Crippen LogP contribution in [0.2, 0.25) is 0 Å². The predicted octanol–water partition coefficient (Wildman–Crippen LogP) is 30.3. The van der Waals surface area contributed by atoms with Gasteiger partial charge in [0, 0.05) is 104 Å². The highest BCUT2D eigenvalue weighted by atomic mass is 32.1. The molecule has 0 aliphatic heterocycles. The van der Waals surface area contributed by atoms with Crippen molar-refractivity contribution in [2.45, 2.75) is 0 Å². The van der Waals surface area contributed by atoms with E-state index in [1.807, 2.05) is 34.0 Å². The van der Waals surface area contributed by atoms with Crippen molar-refractivity contribution in [3.05, 3.63) is 340 Å². The fourth-order valence-electron chi connectivity index (χ4n) is 18.3. The van der Waals surface area contributed by atoms with Gasteiger partial charge in [0.15, 0.2) is 0 Å². The maximum atomic E-state index is 5.72. The van der Waals surface area contributed by atoms with Crippen LogP contribution in [0.1, 0.15) is 0 Å². The first-order valence-corrected chi connectivity index (χ1v) is 42.1. The van der Waals surface area contributed by atoms with Crippen LogP contribution in [0.25, 0.3) is 244 Å². The maximum absolute atomic E-state index is 5.72. The number of fused-ring (bicyclic) bond motifs is 33.